The maximum Gasteiger partial charge on any atom is 0.341 e. The molecule has 18 atom stereocenters. The van der Waals surface area contributed by atoms with E-state index in [9.17, 15) is 44.4 Å². The first kappa shape index (κ1) is 65.0. The number of carboxylic acid groups (broad SMARTS) is 1. The van der Waals surface area contributed by atoms with Gasteiger partial charge in [0.25, 0.3) is 0 Å². The van der Waals surface area contributed by atoms with Crippen LogP contribution in [0.1, 0.15) is 124 Å². The molecule has 1 aromatic carbocycles. The van der Waals surface area contributed by atoms with Gasteiger partial charge in [-0.1, -0.05) is 33.8 Å². The SMILES string of the molecule is CC[C@H]1OC(=O)[C@H](C)[C@@H](O[C@H]2C[C@@](C)(OC)[C@@H](OC(=O)CCNCCCc3ccc4c(c3)c(=O)c(C(=O)O)cn4N3CCOCC3)[C@H](C)O2)[C@H](C)[C@@H](O[C@@H]2O[C@H](C)C[C@H](N(C)C)[C@H]2O)[C@](C)(OC)C[C@@H](C)C(=O)C(C)[C@@H](O)[C@]1(C)O. The fraction of sp³-hybridized carbons (Fsp3) is 0.776. The third kappa shape index (κ3) is 14.6. The lowest BCUT2D eigenvalue weighted by Crippen LogP contribution is -2.61. The molecule has 4 aliphatic heterocycles. The molecule has 4 saturated heterocycles. The summed E-state index contributed by atoms with van der Waals surface area (Å²) >= 11 is 0. The molecule has 5 N–H and O–H groups in total. The third-order valence-corrected chi connectivity index (χ3v) is 17.4. The number of rotatable bonds is 18. The first-order valence-corrected chi connectivity index (χ1v) is 28.5. The van der Waals surface area contributed by atoms with E-state index in [4.69, 9.17) is 42.6 Å². The van der Waals surface area contributed by atoms with Crippen LogP contribution in [0.15, 0.2) is 29.2 Å². The molecule has 4 aliphatic rings. The second-order valence-corrected chi connectivity index (χ2v) is 23.6. The number of nitrogens with one attached hydrogen (secondary N) is 1. The highest BCUT2D eigenvalue weighted by atomic mass is 16.7. The van der Waals surface area contributed by atoms with E-state index in [1.54, 1.807) is 52.3 Å². The quantitative estimate of drug-likeness (QED) is 0.105. The minimum absolute atomic E-state index is 0.0239. The number of carbonyl (C=O) groups is 4. The second kappa shape index (κ2) is 27.5. The van der Waals surface area contributed by atoms with Gasteiger partial charge in [-0.05, 0) is 112 Å². The molecule has 22 nitrogen and oxygen atoms in total. The molecule has 0 aliphatic carbocycles. The lowest BCUT2D eigenvalue weighted by Gasteiger charge is -2.50. The van der Waals surface area contributed by atoms with E-state index in [0.29, 0.717) is 69.6 Å². The zero-order valence-corrected chi connectivity index (χ0v) is 49.5. The van der Waals surface area contributed by atoms with Gasteiger partial charge in [0.1, 0.15) is 34.8 Å². The van der Waals surface area contributed by atoms with E-state index in [1.165, 1.54) is 34.3 Å². The molecule has 1 unspecified atom stereocenters. The van der Waals surface area contributed by atoms with E-state index in [0.717, 1.165) is 5.56 Å². The standard InChI is InChI=1S/C58H92N4O18/c1-15-43-58(10,71)50(67)34(4)46(64)32(2)29-56(8,72-13)51(80-55-48(66)42(60(11)12)27-33(3)75-55)35(5)49(36(6)54(70)77-43)79-45-30-57(9,73-14)52(37(7)76-45)78-44(63)20-22-59-21-16-17-38-18-19-41-39(28-38)47(65)40(53(68)69)31-62(41)61-23-25-74-26-24-61/h18-19,28,31-37,42-43,45,48-52,55,59,66-67,71H,15-17,20-27,29-30H2,1-14H3,(H,68,69)/t32-,33-,34?,35+,36-,37+,42+,43-,45+,48-,49+,50-,51-,52+,55+,56-,57-,58-/m1/s1. The van der Waals surface area contributed by atoms with Crippen molar-refractivity contribution in [3.8, 4) is 0 Å². The average molecular weight is 1130 g/mol. The molecule has 4 fully saturated rings. The largest absolute Gasteiger partial charge is 0.477 e. The molecule has 452 valence electrons. The number of morpholine rings is 1. The monoisotopic (exact) mass is 1130 g/mol. The van der Waals surface area contributed by atoms with Gasteiger partial charge < -0.3 is 78.3 Å². The number of hydrogen-bond acceptors (Lipinski definition) is 20. The van der Waals surface area contributed by atoms with Crippen molar-refractivity contribution in [1.29, 1.82) is 0 Å². The molecule has 6 rings (SSSR count). The Bertz CT molecular complexity index is 2490. The van der Waals surface area contributed by atoms with Crippen LogP contribution in [0.25, 0.3) is 10.9 Å². The maximum atomic E-state index is 14.6. The van der Waals surface area contributed by atoms with Crippen LogP contribution in [0.3, 0.4) is 0 Å². The number of Topliss-reactive ketones (excluding diaryl/α,β-unsaturated/α-hetero) is 1. The molecule has 1 aromatic heterocycles. The molecule has 0 amide bonds. The highest BCUT2D eigenvalue weighted by Crippen LogP contribution is 2.42. The van der Waals surface area contributed by atoms with Crippen molar-refractivity contribution in [2.24, 2.45) is 23.7 Å². The normalized spacial score (nSPS) is 37.1. The summed E-state index contributed by atoms with van der Waals surface area (Å²) < 4.78 is 58.6. The summed E-state index contributed by atoms with van der Waals surface area (Å²) in [7, 11) is 6.72. The summed E-state index contributed by atoms with van der Waals surface area (Å²) in [4.78, 5) is 69.7. The second-order valence-electron chi connectivity index (χ2n) is 23.6. The zero-order chi connectivity index (χ0) is 59.2. The molecule has 2 aromatic rings. The number of pyridine rings is 1. The van der Waals surface area contributed by atoms with Gasteiger partial charge in [0.05, 0.1) is 80.3 Å². The number of methoxy groups -OCH3 is 2. The summed E-state index contributed by atoms with van der Waals surface area (Å²) in [6, 6.07) is 5.18. The number of hydrogen-bond donors (Lipinski definition) is 5. The van der Waals surface area contributed by atoms with Gasteiger partial charge in [-0.25, -0.2) is 4.79 Å². The van der Waals surface area contributed by atoms with Crippen LogP contribution in [-0.4, -0.2) is 206 Å². The fourth-order valence-corrected chi connectivity index (χ4v) is 12.4. The first-order chi connectivity index (χ1) is 37.6. The summed E-state index contributed by atoms with van der Waals surface area (Å²) in [5, 5.41) is 50.7. The topological polar surface area (TPSA) is 273 Å². The van der Waals surface area contributed by atoms with Crippen LogP contribution in [0.2, 0.25) is 0 Å². The van der Waals surface area contributed by atoms with E-state index in [-0.39, 0.29) is 49.2 Å². The molecular formula is C58H92N4O18. The van der Waals surface area contributed by atoms with Gasteiger partial charge in [0.2, 0.25) is 5.43 Å². The van der Waals surface area contributed by atoms with Crippen LogP contribution in [0, 0.1) is 23.7 Å². The number of cyclic esters (lactones) is 1. The number of ether oxygens (including phenoxy) is 9. The Morgan fingerprint density at radius 1 is 0.887 bits per heavy atom. The van der Waals surface area contributed by atoms with Crippen LogP contribution < -0.4 is 15.8 Å². The predicted octanol–water partition coefficient (Wildman–Crippen LogP) is 3.58. The highest BCUT2D eigenvalue weighted by molar-refractivity contribution is 5.93. The van der Waals surface area contributed by atoms with Gasteiger partial charge in [-0.3, -0.25) is 23.9 Å². The summed E-state index contributed by atoms with van der Waals surface area (Å²) in [5.41, 5.74) is -3.90. The minimum Gasteiger partial charge on any atom is -0.477 e. The van der Waals surface area contributed by atoms with Crippen molar-refractivity contribution in [1.82, 2.24) is 14.9 Å². The van der Waals surface area contributed by atoms with Gasteiger partial charge >= 0.3 is 17.9 Å². The predicted molar refractivity (Wildman–Crippen MR) is 295 cm³/mol. The number of aromatic nitrogens is 1. The van der Waals surface area contributed by atoms with Crippen molar-refractivity contribution < 1.29 is 82.2 Å². The van der Waals surface area contributed by atoms with Crippen molar-refractivity contribution in [3.63, 3.8) is 0 Å². The number of aliphatic hydroxyl groups excluding tert-OH is 2. The first-order valence-electron chi connectivity index (χ1n) is 28.5. The Kier molecular flexibility index (Phi) is 22.3. The third-order valence-electron chi connectivity index (χ3n) is 17.4. The number of esters is 2. The highest BCUT2D eigenvalue weighted by Gasteiger charge is 2.55. The van der Waals surface area contributed by atoms with Crippen molar-refractivity contribution >= 4 is 34.6 Å². The number of aliphatic hydroxyl groups is 3. The number of aromatic carboxylic acids is 1. The number of carbonyl (C=O) groups excluding carboxylic acids is 3. The molecular weight excluding hydrogens is 1040 g/mol. The number of aryl methyl sites for hydroxylation is 1. The minimum atomic E-state index is -2.03. The molecule has 0 bridgehead atoms. The molecule has 0 spiro atoms. The lowest BCUT2D eigenvalue weighted by atomic mass is 9.74. The number of benzene rings is 1. The summed E-state index contributed by atoms with van der Waals surface area (Å²) in [5.74, 6) is -6.64. The van der Waals surface area contributed by atoms with E-state index in [1.807, 2.05) is 50.0 Å². The number of fused-ring (bicyclic) bond motifs is 1. The van der Waals surface area contributed by atoms with Gasteiger partial charge in [0.15, 0.2) is 18.7 Å². The number of nitrogens with zero attached hydrogens (tertiary/aromatic N) is 3. The number of likely N-dealkylation sites (N-methyl/N-ethyl adjacent to an activating group) is 1. The molecule has 5 heterocycles. The van der Waals surface area contributed by atoms with Crippen LogP contribution >= 0.6 is 0 Å². The van der Waals surface area contributed by atoms with Crippen molar-refractivity contribution in [2.45, 2.75) is 198 Å². The van der Waals surface area contributed by atoms with E-state index >= 15 is 0 Å². The Morgan fingerprint density at radius 3 is 2.17 bits per heavy atom. The number of carboxylic acids is 1. The summed E-state index contributed by atoms with van der Waals surface area (Å²) in [6.45, 7) is 19.9. The van der Waals surface area contributed by atoms with E-state index in [2.05, 4.69) is 5.32 Å². The Hall–Kier alpha value is -4.17. The zero-order valence-electron chi connectivity index (χ0n) is 49.5. The Morgan fingerprint density at radius 2 is 1.55 bits per heavy atom. The Labute approximate surface area is 470 Å². The average Bonchev–Trinajstić information content (AvgIpc) is 3.43. The summed E-state index contributed by atoms with van der Waals surface area (Å²) in [6.07, 6.45) is -7.00. The van der Waals surface area contributed by atoms with E-state index < -0.39 is 119 Å². The van der Waals surface area contributed by atoms with Gasteiger partial charge in [-0.2, -0.15) is 0 Å². The molecule has 0 radical (unpaired) electrons. The van der Waals surface area contributed by atoms with Gasteiger partial charge in [-0.15, -0.1) is 0 Å². The Balaban J connectivity index is 1.17. The van der Waals surface area contributed by atoms with Crippen LogP contribution in [0.5, 0.6) is 0 Å². The smallest absolute Gasteiger partial charge is 0.341 e. The fourth-order valence-electron chi connectivity index (χ4n) is 12.4. The van der Waals surface area contributed by atoms with Crippen molar-refractivity contribution in [3.05, 3.63) is 45.7 Å². The molecule has 80 heavy (non-hydrogen) atoms. The number of ketones is 1. The van der Waals surface area contributed by atoms with Crippen LogP contribution in [-0.2, 0) is 63.4 Å². The molecule has 22 heteroatoms. The molecule has 0 saturated carbocycles. The van der Waals surface area contributed by atoms with Gasteiger partial charge in [0, 0.05) is 62.6 Å². The lowest BCUT2D eigenvalue weighted by molar-refractivity contribution is -0.320. The van der Waals surface area contributed by atoms with Crippen LogP contribution in [0.4, 0.5) is 0 Å². The van der Waals surface area contributed by atoms with Crippen molar-refractivity contribution in [2.75, 3.05) is 72.7 Å². The maximum absolute atomic E-state index is 14.6.